The van der Waals surface area contributed by atoms with Gasteiger partial charge in [-0.1, -0.05) is 25.5 Å². The minimum Gasteiger partial charge on any atom is -0.493 e. The lowest BCUT2D eigenvalue weighted by Gasteiger charge is -2.09. The van der Waals surface area contributed by atoms with Crippen LogP contribution < -0.4 is 4.74 Å². The fourth-order valence-corrected chi connectivity index (χ4v) is 1.41. The Kier molecular flexibility index (Phi) is 5.91. The van der Waals surface area contributed by atoms with Crippen molar-refractivity contribution in [3.05, 3.63) is 29.8 Å². The molecule has 0 fully saturated rings. The zero-order valence-corrected chi connectivity index (χ0v) is 10.8. The Balaban J connectivity index is 2.80. The maximum Gasteiger partial charge on any atom is 0.379 e. The highest BCUT2D eigenvalue weighted by Gasteiger charge is 2.21. The summed E-state index contributed by atoms with van der Waals surface area (Å²) in [5.74, 6) is -1.07. The summed E-state index contributed by atoms with van der Waals surface area (Å²) in [4.78, 5) is 23.2. The van der Waals surface area contributed by atoms with Gasteiger partial charge in [0.2, 0.25) is 0 Å². The molecule has 0 bridgehead atoms. The molecule has 0 aliphatic carbocycles. The van der Waals surface area contributed by atoms with E-state index in [9.17, 15) is 9.59 Å². The van der Waals surface area contributed by atoms with E-state index in [-0.39, 0.29) is 12.2 Å². The topological polar surface area (TPSA) is 52.6 Å². The van der Waals surface area contributed by atoms with Gasteiger partial charge in [-0.05, 0) is 25.5 Å². The van der Waals surface area contributed by atoms with E-state index in [2.05, 4.69) is 6.92 Å². The molecule has 4 nitrogen and oxygen atoms in total. The predicted octanol–water partition coefficient (Wildman–Crippen LogP) is 2.61. The molecule has 0 amide bonds. The molecule has 1 aromatic carbocycles. The van der Waals surface area contributed by atoms with Crippen LogP contribution >= 0.6 is 0 Å². The van der Waals surface area contributed by atoms with E-state index in [4.69, 9.17) is 9.47 Å². The minimum absolute atomic E-state index is 0.184. The van der Waals surface area contributed by atoms with Crippen molar-refractivity contribution in [1.29, 1.82) is 0 Å². The second-order valence-electron chi connectivity index (χ2n) is 3.75. The van der Waals surface area contributed by atoms with Gasteiger partial charge in [-0.15, -0.1) is 0 Å². The Morgan fingerprint density at radius 3 is 2.56 bits per heavy atom. The summed E-state index contributed by atoms with van der Waals surface area (Å²) in [6.07, 6.45) is 1.91. The lowest BCUT2D eigenvalue weighted by Crippen LogP contribution is -2.18. The van der Waals surface area contributed by atoms with Crippen LogP contribution in [0, 0.1) is 0 Å². The molecule has 1 aromatic rings. The van der Waals surface area contributed by atoms with E-state index in [0.29, 0.717) is 12.4 Å². The maximum atomic E-state index is 11.8. The number of ether oxygens (including phenoxy) is 2. The Labute approximate surface area is 107 Å². The van der Waals surface area contributed by atoms with Gasteiger partial charge >= 0.3 is 5.97 Å². The van der Waals surface area contributed by atoms with E-state index in [1.165, 1.54) is 0 Å². The highest BCUT2D eigenvalue weighted by atomic mass is 16.5. The number of hydrogen-bond donors (Lipinski definition) is 0. The first-order chi connectivity index (χ1) is 8.70. The van der Waals surface area contributed by atoms with Gasteiger partial charge in [0, 0.05) is 0 Å². The molecular formula is C14H18O4. The number of carbonyl (C=O) groups excluding carboxylic acids is 2. The van der Waals surface area contributed by atoms with Crippen LogP contribution in [0.3, 0.4) is 0 Å². The SMILES string of the molecule is CCCCOc1ccccc1C(=O)C(=O)OCC. The van der Waals surface area contributed by atoms with Crippen LogP contribution in [-0.4, -0.2) is 25.0 Å². The number of hydrogen-bond acceptors (Lipinski definition) is 4. The zero-order valence-electron chi connectivity index (χ0n) is 10.8. The predicted molar refractivity (Wildman–Crippen MR) is 67.8 cm³/mol. The third-order valence-corrected chi connectivity index (χ3v) is 2.35. The van der Waals surface area contributed by atoms with Gasteiger partial charge in [0.25, 0.3) is 5.78 Å². The van der Waals surface area contributed by atoms with Crippen LogP contribution in [0.4, 0.5) is 0 Å². The summed E-state index contributed by atoms with van der Waals surface area (Å²) in [5.41, 5.74) is 0.257. The summed E-state index contributed by atoms with van der Waals surface area (Å²) in [6.45, 7) is 4.43. The number of unbranched alkanes of at least 4 members (excludes halogenated alkanes) is 1. The van der Waals surface area contributed by atoms with Gasteiger partial charge in [0.05, 0.1) is 18.8 Å². The molecule has 0 saturated carbocycles. The van der Waals surface area contributed by atoms with E-state index < -0.39 is 11.8 Å². The molecule has 4 heteroatoms. The quantitative estimate of drug-likeness (QED) is 0.323. The number of benzene rings is 1. The minimum atomic E-state index is -0.843. The third-order valence-electron chi connectivity index (χ3n) is 2.35. The van der Waals surface area contributed by atoms with E-state index in [1.807, 2.05) is 0 Å². The van der Waals surface area contributed by atoms with Crippen molar-refractivity contribution in [2.45, 2.75) is 26.7 Å². The Bertz CT molecular complexity index is 412. The maximum absolute atomic E-state index is 11.8. The van der Waals surface area contributed by atoms with Crippen molar-refractivity contribution < 1.29 is 19.1 Å². The summed E-state index contributed by atoms with van der Waals surface area (Å²) in [7, 11) is 0. The smallest absolute Gasteiger partial charge is 0.379 e. The van der Waals surface area contributed by atoms with Crippen LogP contribution in [0.25, 0.3) is 0 Å². The van der Waals surface area contributed by atoms with E-state index >= 15 is 0 Å². The van der Waals surface area contributed by atoms with Crippen LogP contribution in [-0.2, 0) is 9.53 Å². The van der Waals surface area contributed by atoms with Gasteiger partial charge in [0.15, 0.2) is 0 Å². The Morgan fingerprint density at radius 2 is 1.89 bits per heavy atom. The number of para-hydroxylation sites is 1. The summed E-state index contributed by atoms with van der Waals surface area (Å²) < 4.78 is 10.2. The normalized spacial score (nSPS) is 9.89. The van der Waals surface area contributed by atoms with E-state index in [0.717, 1.165) is 12.8 Å². The number of rotatable bonds is 7. The molecule has 18 heavy (non-hydrogen) atoms. The molecule has 98 valence electrons. The highest BCUT2D eigenvalue weighted by molar-refractivity contribution is 6.41. The number of carbonyl (C=O) groups is 2. The average molecular weight is 250 g/mol. The molecule has 0 spiro atoms. The van der Waals surface area contributed by atoms with E-state index in [1.54, 1.807) is 31.2 Å². The van der Waals surface area contributed by atoms with Crippen LogP contribution in [0.5, 0.6) is 5.75 Å². The molecule has 0 aromatic heterocycles. The van der Waals surface area contributed by atoms with Crippen molar-refractivity contribution >= 4 is 11.8 Å². The van der Waals surface area contributed by atoms with Gasteiger partial charge in [-0.2, -0.15) is 0 Å². The monoisotopic (exact) mass is 250 g/mol. The summed E-state index contributed by atoms with van der Waals surface area (Å²) in [6, 6.07) is 6.71. The first-order valence-electron chi connectivity index (χ1n) is 6.14. The molecule has 0 N–H and O–H groups in total. The van der Waals surface area contributed by atoms with Gasteiger partial charge in [0.1, 0.15) is 5.75 Å². The van der Waals surface area contributed by atoms with Crippen LogP contribution in [0.15, 0.2) is 24.3 Å². The van der Waals surface area contributed by atoms with Crippen LogP contribution in [0.1, 0.15) is 37.0 Å². The number of ketones is 1. The molecule has 0 atom stereocenters. The molecule has 0 aliphatic rings. The molecule has 0 aliphatic heterocycles. The zero-order chi connectivity index (χ0) is 13.4. The number of esters is 1. The summed E-state index contributed by atoms with van der Waals surface area (Å²) in [5, 5.41) is 0. The van der Waals surface area contributed by atoms with Gasteiger partial charge < -0.3 is 9.47 Å². The standard InChI is InChI=1S/C14H18O4/c1-3-5-10-18-12-9-7-6-8-11(12)13(15)14(16)17-4-2/h6-9H,3-5,10H2,1-2H3. The largest absolute Gasteiger partial charge is 0.493 e. The molecule has 0 radical (unpaired) electrons. The van der Waals surface area contributed by atoms with Crippen molar-refractivity contribution in [2.75, 3.05) is 13.2 Å². The molecular weight excluding hydrogens is 232 g/mol. The average Bonchev–Trinajstić information content (AvgIpc) is 2.39. The lowest BCUT2D eigenvalue weighted by atomic mass is 10.1. The van der Waals surface area contributed by atoms with Gasteiger partial charge in [-0.25, -0.2) is 4.79 Å². The second kappa shape index (κ2) is 7.48. The molecule has 0 heterocycles. The van der Waals surface area contributed by atoms with Crippen molar-refractivity contribution in [3.8, 4) is 5.75 Å². The fraction of sp³-hybridized carbons (Fsp3) is 0.429. The van der Waals surface area contributed by atoms with Crippen LogP contribution in [0.2, 0.25) is 0 Å². The second-order valence-corrected chi connectivity index (χ2v) is 3.75. The molecule has 0 unspecified atom stereocenters. The molecule has 0 saturated heterocycles. The Morgan fingerprint density at radius 1 is 1.17 bits per heavy atom. The van der Waals surface area contributed by atoms with Crippen molar-refractivity contribution in [2.24, 2.45) is 0 Å². The molecule has 1 rings (SSSR count). The lowest BCUT2D eigenvalue weighted by molar-refractivity contribution is -0.137. The number of Topliss-reactive ketones (excluding diaryl/α,β-unsaturated/α-hetero) is 1. The highest BCUT2D eigenvalue weighted by Crippen LogP contribution is 2.19. The first kappa shape index (κ1) is 14.2. The van der Waals surface area contributed by atoms with Gasteiger partial charge in [-0.3, -0.25) is 4.79 Å². The third kappa shape index (κ3) is 3.87. The van der Waals surface area contributed by atoms with Crippen molar-refractivity contribution in [1.82, 2.24) is 0 Å². The Hall–Kier alpha value is -1.84. The first-order valence-corrected chi connectivity index (χ1v) is 6.14. The van der Waals surface area contributed by atoms with Crippen molar-refractivity contribution in [3.63, 3.8) is 0 Å². The fourth-order valence-electron chi connectivity index (χ4n) is 1.41. The summed E-state index contributed by atoms with van der Waals surface area (Å²) >= 11 is 0.